The summed E-state index contributed by atoms with van der Waals surface area (Å²) in [5.41, 5.74) is 1.98. The van der Waals surface area contributed by atoms with E-state index in [0.29, 0.717) is 11.3 Å². The van der Waals surface area contributed by atoms with Crippen LogP contribution in [-0.2, 0) is 4.74 Å². The lowest BCUT2D eigenvalue weighted by Crippen LogP contribution is -2.62. The number of ether oxygens (including phenoxy) is 1. The normalized spacial score (nSPS) is 55.1. The molecule has 2 spiro atoms. The number of hydrogen-bond acceptors (Lipinski definition) is 4. The fourth-order valence-corrected chi connectivity index (χ4v) is 7.16. The fraction of sp³-hybridized carbons (Fsp3) is 0.818. The van der Waals surface area contributed by atoms with Crippen LogP contribution in [0.5, 0.6) is 0 Å². The Labute approximate surface area is 156 Å². The number of fused-ring (bicyclic) bond motifs is 1. The molecule has 2 aliphatic heterocycles. The summed E-state index contributed by atoms with van der Waals surface area (Å²) in [6.45, 7) is 4.88. The molecule has 2 N–H and O–H groups in total. The van der Waals surface area contributed by atoms with Gasteiger partial charge in [0.05, 0.1) is 17.3 Å². The number of nitrogens with zero attached hydrogens (tertiary/aromatic N) is 1. The number of likely N-dealkylation sites (N-methyl/N-ethyl adjacent to an activating group) is 1. The molecule has 0 aromatic carbocycles. The summed E-state index contributed by atoms with van der Waals surface area (Å²) in [5.74, 6) is 1.31. The SMILES string of the molecule is CC1CC[C@H]2[C@@]34CC[C@]5(C[C@H](N(C)C)[C@@H](O)[C@H](O)C5=CC3=CC[C@]12C)O4. The zero-order valence-electron chi connectivity index (χ0n) is 16.5. The Morgan fingerprint density at radius 3 is 2.69 bits per heavy atom. The van der Waals surface area contributed by atoms with Crippen molar-refractivity contribution < 1.29 is 14.9 Å². The van der Waals surface area contributed by atoms with Crippen LogP contribution in [0.1, 0.15) is 52.4 Å². The minimum atomic E-state index is -0.830. The van der Waals surface area contributed by atoms with E-state index in [2.05, 4.69) is 26.0 Å². The van der Waals surface area contributed by atoms with Crippen molar-refractivity contribution in [3.63, 3.8) is 0 Å². The monoisotopic (exact) mass is 359 g/mol. The van der Waals surface area contributed by atoms with Gasteiger partial charge in [0.2, 0.25) is 0 Å². The summed E-state index contributed by atoms with van der Waals surface area (Å²) >= 11 is 0. The van der Waals surface area contributed by atoms with Gasteiger partial charge in [0.1, 0.15) is 6.10 Å². The summed E-state index contributed by atoms with van der Waals surface area (Å²) in [6, 6.07) is -0.0692. The average molecular weight is 360 g/mol. The van der Waals surface area contributed by atoms with Crippen LogP contribution < -0.4 is 0 Å². The molecule has 3 fully saturated rings. The number of hydrogen-bond donors (Lipinski definition) is 2. The van der Waals surface area contributed by atoms with Gasteiger partial charge >= 0.3 is 0 Å². The smallest absolute Gasteiger partial charge is 0.105 e. The molecule has 4 nitrogen and oxygen atoms in total. The van der Waals surface area contributed by atoms with E-state index in [1.807, 2.05) is 19.0 Å². The molecule has 8 atom stereocenters. The van der Waals surface area contributed by atoms with Gasteiger partial charge in [0, 0.05) is 6.04 Å². The molecule has 26 heavy (non-hydrogen) atoms. The molecule has 2 heterocycles. The lowest BCUT2D eigenvalue weighted by atomic mass is 9.59. The van der Waals surface area contributed by atoms with Gasteiger partial charge in [-0.15, -0.1) is 0 Å². The van der Waals surface area contributed by atoms with Crippen molar-refractivity contribution in [1.82, 2.24) is 4.90 Å². The van der Waals surface area contributed by atoms with Crippen LogP contribution in [0, 0.1) is 17.3 Å². The number of aliphatic hydroxyl groups is 2. The van der Waals surface area contributed by atoms with Crippen LogP contribution in [-0.4, -0.2) is 58.7 Å². The van der Waals surface area contributed by atoms with E-state index in [1.165, 1.54) is 18.4 Å². The molecule has 2 bridgehead atoms. The second kappa shape index (κ2) is 5.22. The van der Waals surface area contributed by atoms with Gasteiger partial charge in [-0.05, 0) is 81.0 Å². The quantitative estimate of drug-likeness (QED) is 0.756. The Hall–Kier alpha value is -0.680. The second-order valence-electron chi connectivity index (χ2n) is 10.2. The predicted octanol–water partition coefficient (Wildman–Crippen LogP) is 2.65. The van der Waals surface area contributed by atoms with Crippen LogP contribution in [0.15, 0.2) is 23.3 Å². The molecule has 144 valence electrons. The van der Waals surface area contributed by atoms with Crippen molar-refractivity contribution in [3.05, 3.63) is 23.3 Å². The second-order valence-corrected chi connectivity index (χ2v) is 10.2. The third-order valence-corrected chi connectivity index (χ3v) is 8.98. The lowest BCUT2D eigenvalue weighted by Gasteiger charge is -2.56. The average Bonchev–Trinajstić information content (AvgIpc) is 3.07. The highest BCUT2D eigenvalue weighted by atomic mass is 16.5. The lowest BCUT2D eigenvalue weighted by molar-refractivity contribution is -0.166. The molecule has 1 unspecified atom stereocenters. The predicted molar refractivity (Wildman–Crippen MR) is 101 cm³/mol. The number of allylic oxidation sites excluding steroid dienone is 1. The maximum absolute atomic E-state index is 10.9. The Bertz CT molecular complexity index is 700. The van der Waals surface area contributed by atoms with Gasteiger partial charge in [0.15, 0.2) is 0 Å². The van der Waals surface area contributed by atoms with E-state index in [1.54, 1.807) is 0 Å². The van der Waals surface area contributed by atoms with E-state index >= 15 is 0 Å². The third-order valence-electron chi connectivity index (χ3n) is 8.98. The molecular formula is C22H33NO3. The first-order valence-electron chi connectivity index (χ1n) is 10.4. The molecule has 4 heteroatoms. The standard InChI is InChI=1S/C22H33NO3/c1-13-5-6-17-20(13,2)8-7-14-11-15-18(24)19(25)16(23(3)4)12-21(15)9-10-22(14,17)26-21/h7,11,13,16-19,24-25H,5-6,8-10,12H2,1-4H3/t13?,16-,17+,18+,19+,20+,21+,22+/m0/s1. The first kappa shape index (κ1) is 17.4. The Morgan fingerprint density at radius 2 is 1.96 bits per heavy atom. The van der Waals surface area contributed by atoms with Crippen LogP contribution >= 0.6 is 0 Å². The Kier molecular flexibility index (Phi) is 3.50. The highest BCUT2D eigenvalue weighted by molar-refractivity contribution is 5.49. The van der Waals surface area contributed by atoms with Gasteiger partial charge in [-0.3, -0.25) is 0 Å². The highest BCUT2D eigenvalue weighted by Crippen LogP contribution is 2.67. The van der Waals surface area contributed by atoms with E-state index in [0.717, 1.165) is 37.2 Å². The van der Waals surface area contributed by atoms with E-state index in [-0.39, 0.29) is 11.6 Å². The molecule has 0 radical (unpaired) electrons. The zero-order valence-corrected chi connectivity index (χ0v) is 16.5. The number of rotatable bonds is 1. The summed E-state index contributed by atoms with van der Waals surface area (Å²) in [4.78, 5) is 2.04. The van der Waals surface area contributed by atoms with E-state index in [4.69, 9.17) is 4.74 Å². The molecular weight excluding hydrogens is 326 g/mol. The first-order valence-corrected chi connectivity index (χ1v) is 10.4. The van der Waals surface area contributed by atoms with Crippen molar-refractivity contribution in [2.24, 2.45) is 17.3 Å². The van der Waals surface area contributed by atoms with Crippen molar-refractivity contribution >= 4 is 0 Å². The summed E-state index contributed by atoms with van der Waals surface area (Å²) in [5, 5.41) is 21.6. The summed E-state index contributed by atoms with van der Waals surface area (Å²) in [7, 11) is 3.97. The molecule has 2 saturated carbocycles. The molecule has 3 aliphatic carbocycles. The van der Waals surface area contributed by atoms with E-state index in [9.17, 15) is 10.2 Å². The largest absolute Gasteiger partial charge is 0.388 e. The van der Waals surface area contributed by atoms with Crippen molar-refractivity contribution in [1.29, 1.82) is 0 Å². The Morgan fingerprint density at radius 1 is 1.19 bits per heavy atom. The summed E-state index contributed by atoms with van der Waals surface area (Å²) in [6.07, 6.45) is 9.46. The van der Waals surface area contributed by atoms with Crippen molar-refractivity contribution in [3.8, 4) is 0 Å². The molecule has 0 aromatic rings. The molecule has 5 rings (SSSR count). The molecule has 0 aromatic heterocycles. The number of aliphatic hydroxyl groups excluding tert-OH is 2. The molecule has 0 amide bonds. The van der Waals surface area contributed by atoms with Crippen LogP contribution in [0.2, 0.25) is 0 Å². The molecule has 1 saturated heterocycles. The van der Waals surface area contributed by atoms with E-state index < -0.39 is 17.8 Å². The first-order chi connectivity index (χ1) is 12.2. The summed E-state index contributed by atoms with van der Waals surface area (Å²) < 4.78 is 7.07. The van der Waals surface area contributed by atoms with Crippen molar-refractivity contribution in [2.45, 2.75) is 81.8 Å². The minimum Gasteiger partial charge on any atom is -0.388 e. The highest BCUT2D eigenvalue weighted by Gasteiger charge is 2.67. The third kappa shape index (κ3) is 1.89. The van der Waals surface area contributed by atoms with Crippen LogP contribution in [0.25, 0.3) is 0 Å². The van der Waals surface area contributed by atoms with Gasteiger partial charge in [-0.25, -0.2) is 0 Å². The van der Waals surface area contributed by atoms with Crippen LogP contribution in [0.4, 0.5) is 0 Å². The maximum atomic E-state index is 10.9. The maximum Gasteiger partial charge on any atom is 0.105 e. The van der Waals surface area contributed by atoms with Gasteiger partial charge < -0.3 is 19.8 Å². The van der Waals surface area contributed by atoms with Crippen molar-refractivity contribution in [2.75, 3.05) is 14.1 Å². The minimum absolute atomic E-state index is 0.0692. The van der Waals surface area contributed by atoms with Crippen LogP contribution in [0.3, 0.4) is 0 Å². The Balaban J connectivity index is 1.62. The van der Waals surface area contributed by atoms with Gasteiger partial charge in [0.25, 0.3) is 0 Å². The molecule has 5 aliphatic rings. The fourth-order valence-electron chi connectivity index (χ4n) is 7.16. The van der Waals surface area contributed by atoms with Gasteiger partial charge in [-0.1, -0.05) is 26.0 Å². The zero-order chi connectivity index (χ0) is 18.5. The topological polar surface area (TPSA) is 52.9 Å². The van der Waals surface area contributed by atoms with Gasteiger partial charge in [-0.2, -0.15) is 0 Å².